The maximum absolute atomic E-state index is 16.9. The molecule has 1 aliphatic heterocycles. The molecule has 1 heterocycles. The lowest BCUT2D eigenvalue weighted by molar-refractivity contribution is -0.132. The molecule has 0 aliphatic carbocycles. The van der Waals surface area contributed by atoms with Crippen LogP contribution in [0.4, 0.5) is 4.39 Å². The van der Waals surface area contributed by atoms with Gasteiger partial charge in [-0.1, -0.05) is 83.1 Å². The van der Waals surface area contributed by atoms with Crippen LogP contribution in [0.25, 0.3) is 0 Å². The molecule has 0 aromatic heterocycles. The van der Waals surface area contributed by atoms with E-state index in [1.54, 1.807) is 31.4 Å². The number of ether oxygens (including phenoxy) is 3. The van der Waals surface area contributed by atoms with Crippen molar-refractivity contribution in [3.63, 3.8) is 0 Å². The first-order valence-corrected chi connectivity index (χ1v) is 20.2. The summed E-state index contributed by atoms with van der Waals surface area (Å²) in [6, 6.07) is 6.49. The number of benzene rings is 1. The summed E-state index contributed by atoms with van der Waals surface area (Å²) in [6.07, 6.45) is -3.30. The zero-order valence-electron chi connectivity index (χ0n) is 27.4. The van der Waals surface area contributed by atoms with Gasteiger partial charge < -0.3 is 23.1 Å². The Balaban J connectivity index is 2.51. The summed E-state index contributed by atoms with van der Waals surface area (Å²) in [4.78, 5) is 13.1. The first kappa shape index (κ1) is 36.4. The Morgan fingerprint density at radius 1 is 0.854 bits per heavy atom. The molecule has 1 saturated heterocycles. The molecule has 10 heteroatoms. The van der Waals surface area contributed by atoms with E-state index in [2.05, 4.69) is 99.0 Å². The first-order valence-electron chi connectivity index (χ1n) is 15.1. The lowest BCUT2D eigenvalue weighted by atomic mass is 10.1. The molecule has 2 rings (SSSR count). The number of carbonyl (C=O) groups is 1. The third-order valence-corrected chi connectivity index (χ3v) is 22.1. The van der Waals surface area contributed by atoms with E-state index in [9.17, 15) is 4.79 Å². The van der Waals surface area contributed by atoms with Crippen LogP contribution in [0.2, 0.25) is 33.2 Å². The minimum Gasteiger partial charge on any atom is -0.497 e. The van der Waals surface area contributed by atoms with Crippen molar-refractivity contribution in [2.75, 3.05) is 13.7 Å². The van der Waals surface area contributed by atoms with Crippen molar-refractivity contribution in [1.29, 1.82) is 0 Å². The normalized spacial score (nSPS) is 24.0. The lowest BCUT2D eigenvalue weighted by Crippen LogP contribution is -2.56. The van der Waals surface area contributed by atoms with Gasteiger partial charge in [-0.25, -0.2) is 9.18 Å². The van der Waals surface area contributed by atoms with Gasteiger partial charge >= 0.3 is 5.97 Å². The Labute approximate surface area is 258 Å². The van der Waals surface area contributed by atoms with Crippen LogP contribution in [-0.2, 0) is 18.3 Å². The van der Waals surface area contributed by atoms with Gasteiger partial charge in [0.25, 0.3) is 10.9 Å². The maximum atomic E-state index is 16.9. The van der Waals surface area contributed by atoms with E-state index in [4.69, 9.17) is 23.1 Å². The molecule has 4 unspecified atom stereocenters. The largest absolute Gasteiger partial charge is 0.497 e. The average molecular weight is 678 g/mol. The summed E-state index contributed by atoms with van der Waals surface area (Å²) < 4.78 is 45.7. The van der Waals surface area contributed by atoms with Crippen LogP contribution in [0.3, 0.4) is 0 Å². The van der Waals surface area contributed by atoms with Gasteiger partial charge in [-0.3, -0.25) is 0 Å². The number of rotatable bonds is 14. The highest BCUT2D eigenvalue weighted by Gasteiger charge is 2.63. The van der Waals surface area contributed by atoms with Crippen LogP contribution in [-0.4, -0.2) is 59.4 Å². The Morgan fingerprint density at radius 2 is 1.29 bits per heavy atom. The highest BCUT2D eigenvalue weighted by atomic mass is 79.9. The van der Waals surface area contributed by atoms with E-state index in [1.165, 1.54) is 0 Å². The van der Waals surface area contributed by atoms with E-state index in [0.29, 0.717) is 22.4 Å². The van der Waals surface area contributed by atoms with Crippen molar-refractivity contribution in [2.45, 2.75) is 139 Å². The van der Waals surface area contributed by atoms with Crippen LogP contribution in [0.15, 0.2) is 24.3 Å². The van der Waals surface area contributed by atoms with Crippen LogP contribution in [0.5, 0.6) is 5.75 Å². The van der Waals surface area contributed by atoms with Gasteiger partial charge in [-0.2, -0.15) is 0 Å². The Hall–Kier alpha value is -0.786. The molecule has 6 nitrogen and oxygen atoms in total. The van der Waals surface area contributed by atoms with Gasteiger partial charge in [0.05, 0.1) is 19.3 Å². The van der Waals surface area contributed by atoms with Crippen molar-refractivity contribution < 1.29 is 32.2 Å². The minimum atomic E-state index is -2.56. The SMILES string of the molecule is COc1ccc(C(=O)OC2OC(CO[Si](C(C)C)(C(C)C)C(C)C)C(O[Si](C(C)C)(C(C)C)C(C)C)C2(F)Br)cc1. The molecule has 1 aliphatic rings. The molecule has 0 bridgehead atoms. The van der Waals surface area contributed by atoms with Crippen LogP contribution >= 0.6 is 15.9 Å². The number of hydrogen-bond acceptors (Lipinski definition) is 6. The average Bonchev–Trinajstić information content (AvgIpc) is 3.09. The van der Waals surface area contributed by atoms with Crippen molar-refractivity contribution in [3.8, 4) is 5.75 Å². The Kier molecular flexibility index (Phi) is 12.7. The van der Waals surface area contributed by atoms with Gasteiger partial charge in [0.15, 0.2) is 8.32 Å². The molecule has 1 fully saturated rings. The number of alkyl halides is 2. The molecule has 0 saturated carbocycles. The Bertz CT molecular complexity index is 940. The summed E-state index contributed by atoms with van der Waals surface area (Å²) in [7, 11) is -3.30. The molecule has 1 aromatic carbocycles. The zero-order valence-corrected chi connectivity index (χ0v) is 31.0. The molecular weight excluding hydrogens is 623 g/mol. The van der Waals surface area contributed by atoms with E-state index >= 15 is 4.39 Å². The summed E-state index contributed by atoms with van der Waals surface area (Å²) in [6.45, 7) is 26.4. The fourth-order valence-corrected chi connectivity index (χ4v) is 19.1. The van der Waals surface area contributed by atoms with Gasteiger partial charge in [0.2, 0.25) is 8.32 Å². The molecule has 0 N–H and O–H groups in total. The number of hydrogen-bond donors (Lipinski definition) is 0. The van der Waals surface area contributed by atoms with Crippen LogP contribution in [0.1, 0.15) is 93.4 Å². The highest BCUT2D eigenvalue weighted by Crippen LogP contribution is 2.51. The second-order valence-corrected chi connectivity index (χ2v) is 25.4. The number of methoxy groups -OCH3 is 1. The summed E-state index contributed by atoms with van der Waals surface area (Å²) in [5, 5.41) is 0. The van der Waals surface area contributed by atoms with Crippen molar-refractivity contribution >= 4 is 38.5 Å². The van der Waals surface area contributed by atoms with Gasteiger partial charge in [-0.15, -0.1) is 0 Å². The molecule has 0 amide bonds. The fourth-order valence-electron chi connectivity index (χ4n) is 7.34. The summed E-state index contributed by atoms with van der Waals surface area (Å²) in [5.74, 6) is -0.0788. The lowest BCUT2D eigenvalue weighted by Gasteiger charge is -2.46. The topological polar surface area (TPSA) is 63.2 Å². The second-order valence-electron chi connectivity index (χ2n) is 13.3. The molecule has 0 radical (unpaired) electrons. The summed E-state index contributed by atoms with van der Waals surface area (Å²) >= 11 is 3.31. The molecule has 41 heavy (non-hydrogen) atoms. The third kappa shape index (κ3) is 7.31. The van der Waals surface area contributed by atoms with E-state index in [0.717, 1.165) is 0 Å². The molecular formula is C31H54BrFO6Si2. The van der Waals surface area contributed by atoms with Gasteiger partial charge in [0, 0.05) is 0 Å². The molecule has 4 atom stereocenters. The highest BCUT2D eigenvalue weighted by molar-refractivity contribution is 9.10. The molecule has 0 spiro atoms. The van der Waals surface area contributed by atoms with Gasteiger partial charge in [-0.05, 0) is 73.4 Å². The monoisotopic (exact) mass is 676 g/mol. The predicted molar refractivity (Wildman–Crippen MR) is 173 cm³/mol. The van der Waals surface area contributed by atoms with Crippen molar-refractivity contribution in [2.24, 2.45) is 0 Å². The molecule has 236 valence electrons. The fraction of sp³-hybridized carbons (Fsp3) is 0.774. The van der Waals surface area contributed by atoms with E-state index < -0.39 is 45.7 Å². The van der Waals surface area contributed by atoms with E-state index in [-0.39, 0.29) is 28.8 Å². The third-order valence-electron chi connectivity index (χ3n) is 9.11. The number of carbonyl (C=O) groups excluding carboxylic acids is 1. The smallest absolute Gasteiger partial charge is 0.340 e. The molecule has 1 aromatic rings. The van der Waals surface area contributed by atoms with Crippen LogP contribution in [0, 0.1) is 0 Å². The summed E-state index contributed by atoms with van der Waals surface area (Å²) in [5.41, 5.74) is 2.00. The van der Waals surface area contributed by atoms with Crippen molar-refractivity contribution in [1.82, 2.24) is 0 Å². The van der Waals surface area contributed by atoms with Crippen molar-refractivity contribution in [3.05, 3.63) is 29.8 Å². The second kappa shape index (κ2) is 14.3. The predicted octanol–water partition coefficient (Wildman–Crippen LogP) is 9.39. The quantitative estimate of drug-likeness (QED) is 0.111. The Morgan fingerprint density at radius 3 is 1.68 bits per heavy atom. The van der Waals surface area contributed by atoms with E-state index in [1.807, 2.05) is 0 Å². The van der Waals surface area contributed by atoms with Gasteiger partial charge in [0.1, 0.15) is 18.0 Å². The van der Waals surface area contributed by atoms with Crippen LogP contribution < -0.4 is 4.74 Å². The maximum Gasteiger partial charge on any atom is 0.340 e. The minimum absolute atomic E-state index is 0.165. The number of halogens is 2. The zero-order chi connectivity index (χ0) is 31.5. The first-order chi connectivity index (χ1) is 18.9. The number of esters is 1. The standard InChI is InChI=1S/C31H54BrFO6Si2/c1-19(2)40(20(3)4,21(5)6)36-18-27-28(39-41(22(7)8,23(9)10)24(11)12)31(32,33)30(37-27)38-29(34)25-14-16-26(35-13)17-15-25/h14-17,19-24,27-28,30H,18H2,1-13H3.